The van der Waals surface area contributed by atoms with Gasteiger partial charge in [-0.25, -0.2) is 4.79 Å². The van der Waals surface area contributed by atoms with E-state index in [9.17, 15) is 38.7 Å². The van der Waals surface area contributed by atoms with Crippen LogP contribution in [-0.2, 0) is 33.6 Å². The van der Waals surface area contributed by atoms with E-state index in [-0.39, 0.29) is 50.0 Å². The van der Waals surface area contributed by atoms with Crippen LogP contribution in [0.1, 0.15) is 74.1 Å². The van der Waals surface area contributed by atoms with Crippen LogP contribution in [0.3, 0.4) is 0 Å². The van der Waals surface area contributed by atoms with Crippen molar-refractivity contribution in [3.05, 3.63) is 0 Å². The highest BCUT2D eigenvalue weighted by Crippen LogP contribution is 2.11. The fourth-order valence-corrected chi connectivity index (χ4v) is 4.82. The minimum atomic E-state index is -1.18. The van der Waals surface area contributed by atoms with Gasteiger partial charge in [-0.2, -0.15) is 11.8 Å². The molecule has 16 heteroatoms. The minimum Gasteiger partial charge on any atom is -0.480 e. The number of carbonyl (C=O) groups is 7. The van der Waals surface area contributed by atoms with E-state index >= 15 is 0 Å². The topological polar surface area (TPSA) is 238 Å². The van der Waals surface area contributed by atoms with E-state index in [4.69, 9.17) is 5.73 Å². The Bertz CT molecular complexity index is 1040. The molecule has 0 saturated carbocycles. The Balaban J connectivity index is 5.71. The highest BCUT2D eigenvalue weighted by molar-refractivity contribution is 7.98. The summed E-state index contributed by atoms with van der Waals surface area (Å²) in [5, 5.41) is 24.7. The fourth-order valence-electron chi connectivity index (χ4n) is 4.35. The summed E-state index contributed by atoms with van der Waals surface area (Å²) in [6.07, 6.45) is 2.76. The molecule has 15 nitrogen and oxygen atoms in total. The molecule has 6 amide bonds. The van der Waals surface area contributed by atoms with Gasteiger partial charge in [0.05, 0.1) is 13.1 Å². The minimum absolute atomic E-state index is 0.00432. The van der Waals surface area contributed by atoms with Crippen molar-refractivity contribution < 1.29 is 38.7 Å². The molecule has 0 aromatic rings. The van der Waals surface area contributed by atoms with Gasteiger partial charge >= 0.3 is 5.97 Å². The lowest BCUT2D eigenvalue weighted by Gasteiger charge is -2.27. The smallest absolute Gasteiger partial charge is 0.326 e. The maximum atomic E-state index is 13.5. The molecular formula is C30H55N7O8S. The molecule has 0 aliphatic rings. The van der Waals surface area contributed by atoms with Crippen LogP contribution in [-0.4, -0.2) is 102 Å². The molecule has 0 aliphatic heterocycles. The zero-order chi connectivity index (χ0) is 35.6. The van der Waals surface area contributed by atoms with Gasteiger partial charge in [0.2, 0.25) is 35.4 Å². The van der Waals surface area contributed by atoms with E-state index in [1.54, 1.807) is 0 Å². The summed E-state index contributed by atoms with van der Waals surface area (Å²) in [5.41, 5.74) is 5.30. The number of nitrogens with two attached hydrogens (primary N) is 1. The second kappa shape index (κ2) is 22.2. The van der Waals surface area contributed by atoms with Crippen LogP contribution in [0.25, 0.3) is 0 Å². The number of aliphatic carboxylic acids is 1. The molecule has 0 spiro atoms. The van der Waals surface area contributed by atoms with Crippen molar-refractivity contribution in [3.8, 4) is 0 Å². The van der Waals surface area contributed by atoms with Crippen molar-refractivity contribution in [2.45, 2.75) is 104 Å². The van der Waals surface area contributed by atoms with Crippen molar-refractivity contribution in [2.75, 3.05) is 25.1 Å². The summed E-state index contributed by atoms with van der Waals surface area (Å²) < 4.78 is 0. The third-order valence-corrected chi connectivity index (χ3v) is 7.29. The third-order valence-electron chi connectivity index (χ3n) is 6.64. The Morgan fingerprint density at radius 3 is 1.50 bits per heavy atom. The van der Waals surface area contributed by atoms with Gasteiger partial charge in [-0.3, -0.25) is 28.8 Å². The molecule has 5 unspecified atom stereocenters. The number of rotatable bonds is 22. The molecule has 0 aromatic carbocycles. The van der Waals surface area contributed by atoms with Crippen LogP contribution in [0, 0.1) is 17.8 Å². The molecule has 0 bridgehead atoms. The fraction of sp³-hybridized carbons (Fsp3) is 0.767. The molecular weight excluding hydrogens is 618 g/mol. The summed E-state index contributed by atoms with van der Waals surface area (Å²) in [6, 6.07) is -5.14. The van der Waals surface area contributed by atoms with Crippen LogP contribution in [0.4, 0.5) is 0 Å². The van der Waals surface area contributed by atoms with Crippen molar-refractivity contribution >= 4 is 53.2 Å². The average Bonchev–Trinajstić information content (AvgIpc) is 2.95. The predicted octanol–water partition coefficient (Wildman–Crippen LogP) is -0.519. The summed E-state index contributed by atoms with van der Waals surface area (Å²) in [6.45, 7) is 11.8. The van der Waals surface area contributed by atoms with E-state index in [0.717, 1.165) is 0 Å². The number of nitrogens with one attached hydrogen (secondary N) is 6. The standard InChI is InChI=1S/C30H55N7O8S/c1-16(2)11-21(36-26(40)19(7)33-24(38)14-31)29(43)37-22(12-17(3)4)28(42)35-20(9-10-46-8)27(41)32-15-25(39)34-23(30(44)45)13-18(5)6/h16-23H,9-15,31H2,1-8H3,(H,32,41)(H,33,38)(H,34,39)(H,35,42)(H,36,40)(H,37,43)(H,44,45). The number of thioether (sulfide) groups is 1. The maximum absolute atomic E-state index is 13.5. The number of carbonyl (C=O) groups excluding carboxylic acids is 6. The second-order valence-electron chi connectivity index (χ2n) is 12.5. The first-order valence-electron chi connectivity index (χ1n) is 15.6. The lowest BCUT2D eigenvalue weighted by Crippen LogP contribution is -2.58. The van der Waals surface area contributed by atoms with Gasteiger partial charge < -0.3 is 42.7 Å². The van der Waals surface area contributed by atoms with Crippen molar-refractivity contribution in [1.82, 2.24) is 31.9 Å². The van der Waals surface area contributed by atoms with Crippen LogP contribution >= 0.6 is 11.8 Å². The van der Waals surface area contributed by atoms with Crippen LogP contribution in [0.5, 0.6) is 0 Å². The summed E-state index contributed by atoms with van der Waals surface area (Å²) in [4.78, 5) is 88.2. The van der Waals surface area contributed by atoms with Crippen molar-refractivity contribution in [2.24, 2.45) is 23.5 Å². The van der Waals surface area contributed by atoms with Gasteiger partial charge in [0.1, 0.15) is 30.2 Å². The molecule has 46 heavy (non-hydrogen) atoms. The first-order valence-corrected chi connectivity index (χ1v) is 17.0. The Hall–Kier alpha value is -3.40. The number of hydrogen-bond donors (Lipinski definition) is 8. The summed E-state index contributed by atoms with van der Waals surface area (Å²) >= 11 is 1.45. The molecule has 264 valence electrons. The number of carboxylic acids is 1. The van der Waals surface area contributed by atoms with Crippen molar-refractivity contribution in [3.63, 3.8) is 0 Å². The lowest BCUT2D eigenvalue weighted by atomic mass is 9.99. The first-order chi connectivity index (χ1) is 21.4. The van der Waals surface area contributed by atoms with E-state index in [2.05, 4.69) is 31.9 Å². The molecule has 5 atom stereocenters. The summed E-state index contributed by atoms with van der Waals surface area (Å²) in [5.74, 6) is -4.36. The van der Waals surface area contributed by atoms with Gasteiger partial charge in [-0.05, 0) is 62.4 Å². The van der Waals surface area contributed by atoms with E-state index < -0.39 is 78.2 Å². The zero-order valence-corrected chi connectivity index (χ0v) is 29.2. The Labute approximate surface area is 276 Å². The molecule has 0 saturated heterocycles. The normalized spacial score (nSPS) is 14.4. The first kappa shape index (κ1) is 42.6. The van der Waals surface area contributed by atoms with E-state index in [1.165, 1.54) is 18.7 Å². The number of hydrogen-bond acceptors (Lipinski definition) is 9. The molecule has 9 N–H and O–H groups in total. The summed E-state index contributed by atoms with van der Waals surface area (Å²) in [7, 11) is 0. The molecule has 0 aromatic heterocycles. The highest BCUT2D eigenvalue weighted by atomic mass is 32.2. The number of amides is 6. The molecule has 0 rings (SSSR count). The second-order valence-corrected chi connectivity index (χ2v) is 13.5. The Morgan fingerprint density at radius 1 is 0.609 bits per heavy atom. The Kier molecular flexibility index (Phi) is 20.5. The predicted molar refractivity (Wildman–Crippen MR) is 176 cm³/mol. The maximum Gasteiger partial charge on any atom is 0.326 e. The van der Waals surface area contributed by atoms with Gasteiger partial charge in [0, 0.05) is 0 Å². The van der Waals surface area contributed by atoms with Gasteiger partial charge in [0.15, 0.2) is 0 Å². The number of carboxylic acid groups (broad SMARTS) is 1. The van der Waals surface area contributed by atoms with Gasteiger partial charge in [-0.1, -0.05) is 41.5 Å². The molecule has 0 heterocycles. The highest BCUT2D eigenvalue weighted by Gasteiger charge is 2.31. The Morgan fingerprint density at radius 2 is 1.07 bits per heavy atom. The largest absolute Gasteiger partial charge is 0.480 e. The molecule has 0 fully saturated rings. The van der Waals surface area contributed by atoms with E-state index in [0.29, 0.717) is 5.75 Å². The zero-order valence-electron chi connectivity index (χ0n) is 28.4. The molecule has 0 radical (unpaired) electrons. The lowest BCUT2D eigenvalue weighted by molar-refractivity contribution is -0.142. The third kappa shape index (κ3) is 17.9. The molecule has 0 aliphatic carbocycles. The van der Waals surface area contributed by atoms with Crippen LogP contribution in [0.15, 0.2) is 0 Å². The van der Waals surface area contributed by atoms with Gasteiger partial charge in [0.25, 0.3) is 0 Å². The van der Waals surface area contributed by atoms with Crippen LogP contribution in [0.2, 0.25) is 0 Å². The van der Waals surface area contributed by atoms with E-state index in [1.807, 2.05) is 47.8 Å². The van der Waals surface area contributed by atoms with Crippen LogP contribution < -0.4 is 37.6 Å². The quantitative estimate of drug-likeness (QED) is 0.0732. The van der Waals surface area contributed by atoms with Crippen molar-refractivity contribution in [1.29, 1.82) is 0 Å². The average molecular weight is 674 g/mol. The monoisotopic (exact) mass is 673 g/mol. The SMILES string of the molecule is CSCCC(NC(=O)C(CC(C)C)NC(=O)C(CC(C)C)NC(=O)C(C)NC(=O)CN)C(=O)NCC(=O)NC(CC(C)C)C(=O)O. The van der Waals surface area contributed by atoms with Gasteiger partial charge in [-0.15, -0.1) is 0 Å².